The second-order valence-corrected chi connectivity index (χ2v) is 14.0. The van der Waals surface area contributed by atoms with Crippen LogP contribution in [-0.2, 0) is 0 Å². The van der Waals surface area contributed by atoms with Crippen molar-refractivity contribution in [3.63, 3.8) is 0 Å². The van der Waals surface area contributed by atoms with Crippen LogP contribution in [0.2, 0.25) is 0 Å². The Morgan fingerprint density at radius 3 is 1.62 bits per heavy atom. The predicted molar refractivity (Wildman–Crippen MR) is 221 cm³/mol. The zero-order valence-electron chi connectivity index (χ0n) is 28.6. The molecule has 0 spiro atoms. The molecule has 0 aliphatic rings. The lowest BCUT2D eigenvalue weighted by atomic mass is 10.0. The van der Waals surface area contributed by atoms with Crippen molar-refractivity contribution in [1.29, 1.82) is 0 Å². The lowest BCUT2D eigenvalue weighted by Gasteiger charge is -2.11. The number of fused-ring (bicyclic) bond motifs is 9. The summed E-state index contributed by atoms with van der Waals surface area (Å²) >= 11 is 0. The Morgan fingerprint density at radius 1 is 0.358 bits per heavy atom. The van der Waals surface area contributed by atoms with Gasteiger partial charge in [0.25, 0.3) is 0 Å². The Kier molecular flexibility index (Phi) is 5.74. The van der Waals surface area contributed by atoms with Gasteiger partial charge in [-0.25, -0.2) is 4.98 Å². The summed E-state index contributed by atoms with van der Waals surface area (Å²) in [6, 6.07) is 65.9. The third-order valence-corrected chi connectivity index (χ3v) is 11.2. The first-order valence-electron chi connectivity index (χ1n) is 18.1. The highest BCUT2D eigenvalue weighted by atomic mass is 15.0. The largest absolute Gasteiger partial charge is 0.309 e. The minimum atomic E-state index is 0.967. The van der Waals surface area contributed by atoms with Crippen molar-refractivity contribution >= 4 is 71.1 Å². The molecule has 12 rings (SSSR count). The SMILES string of the molecule is c1ccc(-c2nc3cccc4c5cccc(-n6c7ccccc7c7cc(-c8ccc9c(c8)c8ccccc8n9-c8ccccc8)ccc76)c5c2n34)cc1. The molecule has 53 heavy (non-hydrogen) atoms. The first-order chi connectivity index (χ1) is 26.3. The summed E-state index contributed by atoms with van der Waals surface area (Å²) < 4.78 is 7.18. The quantitative estimate of drug-likeness (QED) is 0.183. The smallest absolute Gasteiger partial charge is 0.138 e. The van der Waals surface area contributed by atoms with Crippen molar-refractivity contribution in [3.8, 4) is 33.8 Å². The van der Waals surface area contributed by atoms with Gasteiger partial charge in [0.1, 0.15) is 5.65 Å². The van der Waals surface area contributed by atoms with E-state index in [-0.39, 0.29) is 0 Å². The van der Waals surface area contributed by atoms with Crippen molar-refractivity contribution < 1.29 is 0 Å². The van der Waals surface area contributed by atoms with Crippen molar-refractivity contribution in [2.45, 2.75) is 0 Å². The van der Waals surface area contributed by atoms with E-state index in [0.29, 0.717) is 0 Å². The highest BCUT2D eigenvalue weighted by molar-refractivity contribution is 6.19. The Balaban J connectivity index is 1.11. The number of pyridine rings is 1. The van der Waals surface area contributed by atoms with Gasteiger partial charge < -0.3 is 9.13 Å². The summed E-state index contributed by atoms with van der Waals surface area (Å²) in [4.78, 5) is 5.20. The van der Waals surface area contributed by atoms with Crippen molar-refractivity contribution in [2.75, 3.05) is 0 Å². The Morgan fingerprint density at radius 2 is 0.906 bits per heavy atom. The van der Waals surface area contributed by atoms with Gasteiger partial charge in [-0.1, -0.05) is 115 Å². The first kappa shape index (κ1) is 28.5. The summed E-state index contributed by atoms with van der Waals surface area (Å²) in [5, 5.41) is 7.43. The molecular weight excluding hydrogens is 645 g/mol. The molecule has 0 atom stereocenters. The van der Waals surface area contributed by atoms with E-state index in [9.17, 15) is 0 Å². The van der Waals surface area contributed by atoms with Gasteiger partial charge in [-0.15, -0.1) is 0 Å². The number of para-hydroxylation sites is 3. The van der Waals surface area contributed by atoms with E-state index in [4.69, 9.17) is 4.98 Å². The maximum atomic E-state index is 5.20. The Hall–Kier alpha value is -7.17. The summed E-state index contributed by atoms with van der Waals surface area (Å²) in [6.45, 7) is 0. The van der Waals surface area contributed by atoms with Crippen LogP contribution >= 0.6 is 0 Å². The molecule has 4 nitrogen and oxygen atoms in total. The van der Waals surface area contributed by atoms with Crippen LogP contribution in [-0.4, -0.2) is 18.5 Å². The van der Waals surface area contributed by atoms with Crippen LogP contribution in [0.4, 0.5) is 0 Å². The number of nitrogens with zero attached hydrogens (tertiary/aromatic N) is 4. The minimum absolute atomic E-state index is 0.967. The van der Waals surface area contributed by atoms with Crippen molar-refractivity contribution in [2.24, 2.45) is 0 Å². The van der Waals surface area contributed by atoms with E-state index in [2.05, 4.69) is 196 Å². The molecule has 0 N–H and O–H groups in total. The average molecular weight is 675 g/mol. The van der Waals surface area contributed by atoms with Crippen LogP contribution in [0.15, 0.2) is 182 Å². The number of aromatic nitrogens is 4. The standard InChI is InChI=1S/C49H30N4/c1-3-13-31(14-4-1)48-49-47-37(42-22-12-24-46(50-48)53(42)49)19-11-23-45(47)52-41-21-10-8-18-36(41)39-30-33(26-28-44(39)52)32-25-27-43-38(29-32)35-17-7-9-20-40(35)51(43)34-15-5-2-6-16-34/h1-30H. The van der Waals surface area contributed by atoms with E-state index in [1.807, 2.05) is 0 Å². The van der Waals surface area contributed by atoms with Gasteiger partial charge in [-0.3, -0.25) is 4.40 Å². The van der Waals surface area contributed by atoms with Crippen LogP contribution in [0.25, 0.3) is 105 Å². The first-order valence-corrected chi connectivity index (χ1v) is 18.1. The highest BCUT2D eigenvalue weighted by Crippen LogP contribution is 2.43. The Labute approximate surface area is 304 Å². The van der Waals surface area contributed by atoms with Crippen LogP contribution in [0.1, 0.15) is 0 Å². The second-order valence-electron chi connectivity index (χ2n) is 14.0. The monoisotopic (exact) mass is 674 g/mol. The molecule has 0 aliphatic carbocycles. The molecule has 7 aromatic carbocycles. The molecule has 4 heteroatoms. The maximum absolute atomic E-state index is 5.20. The van der Waals surface area contributed by atoms with E-state index >= 15 is 0 Å². The summed E-state index contributed by atoms with van der Waals surface area (Å²) in [6.07, 6.45) is 0. The molecule has 0 unspecified atom stereocenters. The fraction of sp³-hybridized carbons (Fsp3) is 0. The van der Waals surface area contributed by atoms with Gasteiger partial charge in [0.15, 0.2) is 0 Å². The molecule has 5 aromatic heterocycles. The van der Waals surface area contributed by atoms with Crippen LogP contribution in [0.5, 0.6) is 0 Å². The molecule has 0 aliphatic heterocycles. The minimum Gasteiger partial charge on any atom is -0.309 e. The lowest BCUT2D eigenvalue weighted by molar-refractivity contribution is 1.18. The number of hydrogen-bond acceptors (Lipinski definition) is 1. The molecule has 0 bridgehead atoms. The number of rotatable bonds is 4. The molecule has 0 radical (unpaired) electrons. The third-order valence-electron chi connectivity index (χ3n) is 11.2. The number of imidazole rings is 1. The van der Waals surface area contributed by atoms with Crippen molar-refractivity contribution in [3.05, 3.63) is 182 Å². The van der Waals surface area contributed by atoms with Gasteiger partial charge >= 0.3 is 0 Å². The summed E-state index contributed by atoms with van der Waals surface area (Å²) in [5.41, 5.74) is 15.0. The summed E-state index contributed by atoms with van der Waals surface area (Å²) in [7, 11) is 0. The van der Waals surface area contributed by atoms with Gasteiger partial charge in [0.2, 0.25) is 0 Å². The lowest BCUT2D eigenvalue weighted by Crippen LogP contribution is -1.95. The van der Waals surface area contributed by atoms with Gasteiger partial charge in [0.05, 0.1) is 44.5 Å². The molecule has 0 amide bonds. The van der Waals surface area contributed by atoms with Gasteiger partial charge in [-0.2, -0.15) is 0 Å². The fourth-order valence-electron chi connectivity index (χ4n) is 8.94. The Bertz CT molecular complexity index is 3380. The third kappa shape index (κ3) is 3.92. The molecule has 0 saturated carbocycles. The molecule has 5 heterocycles. The molecule has 246 valence electrons. The highest BCUT2D eigenvalue weighted by Gasteiger charge is 2.23. The maximum Gasteiger partial charge on any atom is 0.138 e. The molecular formula is C49H30N4. The van der Waals surface area contributed by atoms with Gasteiger partial charge in [-0.05, 0) is 77.9 Å². The van der Waals surface area contributed by atoms with E-state index in [1.165, 1.54) is 76.7 Å². The predicted octanol–water partition coefficient (Wildman–Crippen LogP) is 12.6. The fourth-order valence-corrected chi connectivity index (χ4v) is 8.94. The molecule has 12 aromatic rings. The average Bonchev–Trinajstić information content (AvgIpc) is 3.97. The molecule has 0 saturated heterocycles. The zero-order valence-corrected chi connectivity index (χ0v) is 28.6. The van der Waals surface area contributed by atoms with Crippen molar-refractivity contribution in [1.82, 2.24) is 18.5 Å². The molecule has 0 fully saturated rings. The van der Waals surface area contributed by atoms with Crippen LogP contribution in [0.3, 0.4) is 0 Å². The second kappa shape index (κ2) is 10.7. The van der Waals surface area contributed by atoms with Crippen LogP contribution in [0, 0.1) is 0 Å². The van der Waals surface area contributed by atoms with E-state index in [0.717, 1.165) is 28.1 Å². The van der Waals surface area contributed by atoms with Crippen LogP contribution < -0.4 is 0 Å². The van der Waals surface area contributed by atoms with Gasteiger partial charge in [0, 0.05) is 43.6 Å². The number of hydrogen-bond donors (Lipinski definition) is 0. The summed E-state index contributed by atoms with van der Waals surface area (Å²) in [5.74, 6) is 0. The number of benzene rings is 7. The normalized spacial score (nSPS) is 12.2. The zero-order chi connectivity index (χ0) is 34.6. The van der Waals surface area contributed by atoms with E-state index in [1.54, 1.807) is 0 Å². The van der Waals surface area contributed by atoms with E-state index < -0.39 is 0 Å². The topological polar surface area (TPSA) is 27.2 Å².